The van der Waals surface area contributed by atoms with E-state index in [1.54, 1.807) is 23.3 Å². The zero-order valence-corrected chi connectivity index (χ0v) is 19.2. The second-order valence-corrected chi connectivity index (χ2v) is 9.03. The predicted molar refractivity (Wildman–Crippen MR) is 121 cm³/mol. The Balaban J connectivity index is 1.86. The molecular weight excluding hydrogens is 396 g/mol. The average Bonchev–Trinajstić information content (AvgIpc) is 3.23. The van der Waals surface area contributed by atoms with Gasteiger partial charge in [0.25, 0.3) is 0 Å². The van der Waals surface area contributed by atoms with E-state index >= 15 is 0 Å². The molecule has 0 saturated heterocycles. The second-order valence-electron chi connectivity index (χ2n) is 8.03. The van der Waals surface area contributed by atoms with Crippen molar-refractivity contribution in [3.8, 4) is 5.75 Å². The number of hydrogen-bond donors (Lipinski definition) is 0. The van der Waals surface area contributed by atoms with Gasteiger partial charge in [0.1, 0.15) is 12.3 Å². The van der Waals surface area contributed by atoms with Crippen LogP contribution in [0.3, 0.4) is 0 Å². The highest BCUT2D eigenvalue weighted by atomic mass is 32.1. The normalized spacial score (nSPS) is 15.8. The van der Waals surface area contributed by atoms with Crippen molar-refractivity contribution in [2.75, 3.05) is 20.2 Å². The van der Waals surface area contributed by atoms with Crippen LogP contribution < -0.4 is 4.74 Å². The highest BCUT2D eigenvalue weighted by Crippen LogP contribution is 2.38. The maximum Gasteiger partial charge on any atom is 0.243 e. The maximum absolute atomic E-state index is 13.4. The van der Waals surface area contributed by atoms with Gasteiger partial charge in [-0.3, -0.25) is 9.59 Å². The molecule has 1 aliphatic rings. The van der Waals surface area contributed by atoms with E-state index in [4.69, 9.17) is 4.74 Å². The standard InChI is InChI=1S/C24H32N2O3S/c1-5-6-7-22(27)26(17(2)3)16-23(28)25-14-12-21-20(13-15-30-21)24(25)18-8-10-19(29-4)11-9-18/h8-11,13,15,17,24H,5-7,12,14,16H2,1-4H3. The number of methoxy groups -OCH3 is 1. The molecule has 5 nitrogen and oxygen atoms in total. The molecule has 0 bridgehead atoms. The number of amides is 2. The molecule has 0 saturated carbocycles. The van der Waals surface area contributed by atoms with Gasteiger partial charge in [0.2, 0.25) is 11.8 Å². The number of nitrogens with zero attached hydrogens (tertiary/aromatic N) is 2. The van der Waals surface area contributed by atoms with Crippen LogP contribution in [0.4, 0.5) is 0 Å². The molecule has 0 aliphatic carbocycles. The number of carbonyl (C=O) groups is 2. The molecule has 1 aromatic carbocycles. The zero-order valence-electron chi connectivity index (χ0n) is 18.4. The first-order valence-corrected chi connectivity index (χ1v) is 11.6. The van der Waals surface area contributed by atoms with Gasteiger partial charge in [-0.15, -0.1) is 11.3 Å². The number of carbonyl (C=O) groups excluding carboxylic acids is 2. The number of hydrogen-bond acceptors (Lipinski definition) is 4. The van der Waals surface area contributed by atoms with Crippen molar-refractivity contribution in [2.24, 2.45) is 0 Å². The first-order chi connectivity index (χ1) is 14.5. The van der Waals surface area contributed by atoms with Crippen molar-refractivity contribution >= 4 is 23.2 Å². The minimum Gasteiger partial charge on any atom is -0.497 e. The summed E-state index contributed by atoms with van der Waals surface area (Å²) in [6, 6.07) is 9.94. The molecule has 30 heavy (non-hydrogen) atoms. The maximum atomic E-state index is 13.4. The molecule has 1 aromatic heterocycles. The lowest BCUT2D eigenvalue weighted by Crippen LogP contribution is -2.48. The smallest absolute Gasteiger partial charge is 0.243 e. The number of thiophene rings is 1. The molecule has 1 unspecified atom stereocenters. The summed E-state index contributed by atoms with van der Waals surface area (Å²) in [5.74, 6) is 0.867. The summed E-state index contributed by atoms with van der Waals surface area (Å²) in [4.78, 5) is 31.1. The highest BCUT2D eigenvalue weighted by molar-refractivity contribution is 7.10. The molecule has 0 fully saturated rings. The van der Waals surface area contributed by atoms with Crippen molar-refractivity contribution < 1.29 is 14.3 Å². The lowest BCUT2D eigenvalue weighted by molar-refractivity contribution is -0.143. The third-order valence-corrected chi connectivity index (χ3v) is 6.71. The molecule has 0 spiro atoms. The van der Waals surface area contributed by atoms with E-state index in [0.717, 1.165) is 30.6 Å². The lowest BCUT2D eigenvalue weighted by atomic mass is 9.93. The van der Waals surface area contributed by atoms with Crippen LogP contribution in [-0.4, -0.2) is 47.9 Å². The monoisotopic (exact) mass is 428 g/mol. The number of rotatable bonds is 8. The predicted octanol–water partition coefficient (Wildman–Crippen LogP) is 4.66. The van der Waals surface area contributed by atoms with Gasteiger partial charge < -0.3 is 14.5 Å². The Labute approximate surface area is 183 Å². The van der Waals surface area contributed by atoms with Crippen LogP contribution in [0.15, 0.2) is 35.7 Å². The van der Waals surface area contributed by atoms with Crippen LogP contribution in [-0.2, 0) is 16.0 Å². The molecule has 162 valence electrons. The zero-order chi connectivity index (χ0) is 21.7. The van der Waals surface area contributed by atoms with Crippen molar-refractivity contribution in [1.29, 1.82) is 0 Å². The Morgan fingerprint density at radius 1 is 1.23 bits per heavy atom. The van der Waals surface area contributed by atoms with Crippen LogP contribution in [0.25, 0.3) is 0 Å². The van der Waals surface area contributed by atoms with Crippen LogP contribution in [0.5, 0.6) is 5.75 Å². The van der Waals surface area contributed by atoms with E-state index < -0.39 is 0 Å². The second kappa shape index (κ2) is 10.1. The largest absolute Gasteiger partial charge is 0.497 e. The summed E-state index contributed by atoms with van der Waals surface area (Å²) in [7, 11) is 1.65. The molecule has 1 aliphatic heterocycles. The molecule has 0 N–H and O–H groups in total. The third-order valence-electron chi connectivity index (χ3n) is 5.71. The van der Waals surface area contributed by atoms with Crippen LogP contribution >= 0.6 is 11.3 Å². The van der Waals surface area contributed by atoms with Gasteiger partial charge in [-0.25, -0.2) is 0 Å². The molecular formula is C24H32N2O3S. The summed E-state index contributed by atoms with van der Waals surface area (Å²) in [6.45, 7) is 6.82. The summed E-state index contributed by atoms with van der Waals surface area (Å²) in [5, 5.41) is 2.10. The van der Waals surface area contributed by atoms with Crippen LogP contribution in [0.1, 0.15) is 62.1 Å². The molecule has 2 aromatic rings. The number of unbranched alkanes of at least 4 members (excludes halogenated alkanes) is 1. The quantitative estimate of drug-likeness (QED) is 0.615. The summed E-state index contributed by atoms with van der Waals surface area (Å²) in [5.41, 5.74) is 2.26. The molecule has 6 heteroatoms. The van der Waals surface area contributed by atoms with Gasteiger partial charge in [-0.1, -0.05) is 25.5 Å². The number of fused-ring (bicyclic) bond motifs is 1. The minimum atomic E-state index is -0.127. The summed E-state index contributed by atoms with van der Waals surface area (Å²) < 4.78 is 5.30. The fraction of sp³-hybridized carbons (Fsp3) is 0.500. The van der Waals surface area contributed by atoms with Crippen molar-refractivity contribution in [2.45, 2.75) is 58.5 Å². The Morgan fingerprint density at radius 3 is 2.60 bits per heavy atom. The summed E-state index contributed by atoms with van der Waals surface area (Å²) in [6.07, 6.45) is 3.18. The SMILES string of the molecule is CCCCC(=O)N(CC(=O)N1CCc2sccc2C1c1ccc(OC)cc1)C(C)C. The minimum absolute atomic E-state index is 0.000702. The van der Waals surface area contributed by atoms with Gasteiger partial charge in [0, 0.05) is 23.9 Å². The van der Waals surface area contributed by atoms with Gasteiger partial charge in [0.05, 0.1) is 13.2 Å². The number of benzene rings is 1. The average molecular weight is 429 g/mol. The molecule has 3 rings (SSSR count). The van der Waals surface area contributed by atoms with Crippen molar-refractivity contribution in [3.05, 3.63) is 51.7 Å². The molecule has 2 amide bonds. The van der Waals surface area contributed by atoms with Crippen molar-refractivity contribution in [1.82, 2.24) is 9.80 Å². The lowest BCUT2D eigenvalue weighted by Gasteiger charge is -2.38. The Morgan fingerprint density at radius 2 is 1.97 bits per heavy atom. The molecule has 1 atom stereocenters. The van der Waals surface area contributed by atoms with E-state index in [-0.39, 0.29) is 30.4 Å². The molecule has 0 radical (unpaired) electrons. The Hall–Kier alpha value is -2.34. The van der Waals surface area contributed by atoms with E-state index in [0.29, 0.717) is 13.0 Å². The van der Waals surface area contributed by atoms with Gasteiger partial charge in [-0.05, 0) is 61.4 Å². The van der Waals surface area contributed by atoms with E-state index in [2.05, 4.69) is 18.4 Å². The first kappa shape index (κ1) is 22.3. The first-order valence-electron chi connectivity index (χ1n) is 10.7. The van der Waals surface area contributed by atoms with Gasteiger partial charge in [0.15, 0.2) is 0 Å². The van der Waals surface area contributed by atoms with E-state index in [9.17, 15) is 9.59 Å². The Kier molecular flexibility index (Phi) is 7.53. The highest BCUT2D eigenvalue weighted by Gasteiger charge is 2.34. The fourth-order valence-corrected chi connectivity index (χ4v) is 4.90. The molecule has 2 heterocycles. The third kappa shape index (κ3) is 4.86. The van der Waals surface area contributed by atoms with E-state index in [1.165, 1.54) is 10.4 Å². The number of ether oxygens (including phenoxy) is 1. The van der Waals surface area contributed by atoms with Crippen LogP contribution in [0.2, 0.25) is 0 Å². The summed E-state index contributed by atoms with van der Waals surface area (Å²) >= 11 is 1.75. The van der Waals surface area contributed by atoms with Gasteiger partial charge in [-0.2, -0.15) is 0 Å². The fourth-order valence-electron chi connectivity index (χ4n) is 4.00. The van der Waals surface area contributed by atoms with Gasteiger partial charge >= 0.3 is 0 Å². The van der Waals surface area contributed by atoms with E-state index in [1.807, 2.05) is 43.0 Å². The Bertz CT molecular complexity index is 860. The van der Waals surface area contributed by atoms with Crippen LogP contribution in [0, 0.1) is 0 Å². The van der Waals surface area contributed by atoms with Crippen molar-refractivity contribution in [3.63, 3.8) is 0 Å². The topological polar surface area (TPSA) is 49.9 Å².